The summed E-state index contributed by atoms with van der Waals surface area (Å²) in [6, 6.07) is 8.17. The molecule has 27 heavy (non-hydrogen) atoms. The summed E-state index contributed by atoms with van der Waals surface area (Å²) in [5, 5.41) is 11.7. The third-order valence-electron chi connectivity index (χ3n) is 4.64. The Morgan fingerprint density at radius 3 is 2.81 bits per heavy atom. The minimum absolute atomic E-state index is 0.253. The van der Waals surface area contributed by atoms with Gasteiger partial charge in [-0.2, -0.15) is 9.67 Å². The van der Waals surface area contributed by atoms with Crippen molar-refractivity contribution >= 4 is 17.1 Å². The predicted octanol–water partition coefficient (Wildman–Crippen LogP) is 1.53. The van der Waals surface area contributed by atoms with Crippen molar-refractivity contribution in [3.8, 4) is 11.4 Å². The van der Waals surface area contributed by atoms with E-state index in [1.807, 2.05) is 24.3 Å². The van der Waals surface area contributed by atoms with Gasteiger partial charge in [-0.15, -0.1) is 5.10 Å². The van der Waals surface area contributed by atoms with Crippen molar-refractivity contribution in [3.05, 3.63) is 30.5 Å². The number of methoxy groups -OCH3 is 1. The molecule has 0 radical (unpaired) electrons. The molecular formula is C18H23N7O2. The third-order valence-corrected chi connectivity index (χ3v) is 4.64. The monoisotopic (exact) mass is 369 g/mol. The molecule has 142 valence electrons. The molecule has 1 fully saturated rings. The molecule has 0 bridgehead atoms. The second-order valence-corrected chi connectivity index (χ2v) is 6.65. The molecule has 0 unspecified atom stereocenters. The zero-order chi connectivity index (χ0) is 18.6. The van der Waals surface area contributed by atoms with Crippen molar-refractivity contribution in [3.63, 3.8) is 0 Å². The molecule has 3 N–H and O–H groups in total. The summed E-state index contributed by atoms with van der Waals surface area (Å²) >= 11 is 0. The largest absolute Gasteiger partial charge is 0.491 e. The lowest BCUT2D eigenvalue weighted by molar-refractivity contribution is 0.146. The zero-order valence-electron chi connectivity index (χ0n) is 15.2. The molecule has 2 atom stereocenters. The van der Waals surface area contributed by atoms with Crippen LogP contribution in [0.1, 0.15) is 19.3 Å². The molecule has 4 rings (SSSR count). The lowest BCUT2D eigenvalue weighted by Gasteiger charge is -2.12. The number of aromatic nitrogens is 5. The Morgan fingerprint density at radius 2 is 2.07 bits per heavy atom. The molecule has 3 aromatic rings. The second kappa shape index (κ2) is 7.85. The first-order valence-corrected chi connectivity index (χ1v) is 9.05. The standard InChI is InChI=1S/C18H23N7O2/c1-26-8-9-27-15-6-4-14(5-7-15)25-17-16(23-24-25)11-20-18(22-17)21-13-3-2-12(19)10-13/h4-7,11-13H,2-3,8-10,19H2,1H3,(H,20,21,22)/t12-,13-/m1/s1. The van der Waals surface area contributed by atoms with Crippen LogP contribution in [-0.4, -0.2) is 57.4 Å². The molecule has 9 nitrogen and oxygen atoms in total. The summed E-state index contributed by atoms with van der Waals surface area (Å²) in [6.07, 6.45) is 4.68. The maximum Gasteiger partial charge on any atom is 0.225 e. The molecule has 2 aromatic heterocycles. The Labute approximate surface area is 156 Å². The average Bonchev–Trinajstić information content (AvgIpc) is 3.28. The molecule has 1 aliphatic carbocycles. The average molecular weight is 369 g/mol. The molecule has 1 aliphatic rings. The van der Waals surface area contributed by atoms with Gasteiger partial charge < -0.3 is 20.5 Å². The van der Waals surface area contributed by atoms with Crippen LogP contribution in [0.15, 0.2) is 30.5 Å². The van der Waals surface area contributed by atoms with Gasteiger partial charge in [0, 0.05) is 19.2 Å². The number of anilines is 1. The molecule has 9 heteroatoms. The molecule has 2 heterocycles. The number of benzene rings is 1. The van der Waals surface area contributed by atoms with E-state index in [2.05, 4.69) is 25.6 Å². The van der Waals surface area contributed by atoms with Gasteiger partial charge in [-0.25, -0.2) is 4.98 Å². The van der Waals surface area contributed by atoms with Gasteiger partial charge in [0.25, 0.3) is 0 Å². The first-order valence-electron chi connectivity index (χ1n) is 9.05. The highest BCUT2D eigenvalue weighted by atomic mass is 16.5. The van der Waals surface area contributed by atoms with Gasteiger partial charge in [0.2, 0.25) is 5.95 Å². The smallest absolute Gasteiger partial charge is 0.225 e. The summed E-state index contributed by atoms with van der Waals surface area (Å²) in [6.45, 7) is 1.06. The summed E-state index contributed by atoms with van der Waals surface area (Å²) in [4.78, 5) is 8.96. The fourth-order valence-electron chi connectivity index (χ4n) is 3.23. The number of nitrogens with zero attached hydrogens (tertiary/aromatic N) is 5. The highest BCUT2D eigenvalue weighted by molar-refractivity contribution is 5.72. The summed E-state index contributed by atoms with van der Waals surface area (Å²) in [5.74, 6) is 1.35. The molecular weight excluding hydrogens is 346 g/mol. The van der Waals surface area contributed by atoms with Crippen LogP contribution >= 0.6 is 0 Å². The van der Waals surface area contributed by atoms with Gasteiger partial charge in [-0.3, -0.25) is 0 Å². The van der Waals surface area contributed by atoms with Crippen LogP contribution in [0.25, 0.3) is 16.9 Å². The second-order valence-electron chi connectivity index (χ2n) is 6.65. The van der Waals surface area contributed by atoms with Gasteiger partial charge in [0.05, 0.1) is 18.5 Å². The topological polar surface area (TPSA) is 113 Å². The van der Waals surface area contributed by atoms with E-state index in [4.69, 9.17) is 15.2 Å². The van der Waals surface area contributed by atoms with Crippen molar-refractivity contribution in [1.29, 1.82) is 0 Å². The number of nitrogens with two attached hydrogens (primary N) is 1. The third kappa shape index (κ3) is 3.99. The van der Waals surface area contributed by atoms with E-state index in [0.717, 1.165) is 30.7 Å². The Bertz CT molecular complexity index is 896. The van der Waals surface area contributed by atoms with Crippen molar-refractivity contribution in [2.24, 2.45) is 5.73 Å². The van der Waals surface area contributed by atoms with E-state index in [-0.39, 0.29) is 6.04 Å². The molecule has 0 saturated heterocycles. The molecule has 1 aromatic carbocycles. The molecule has 0 amide bonds. The first-order chi connectivity index (χ1) is 13.2. The normalized spacial score (nSPS) is 19.5. The van der Waals surface area contributed by atoms with Gasteiger partial charge in [-0.1, -0.05) is 5.21 Å². The summed E-state index contributed by atoms with van der Waals surface area (Å²) in [5.41, 5.74) is 8.13. The Morgan fingerprint density at radius 1 is 1.22 bits per heavy atom. The van der Waals surface area contributed by atoms with Crippen LogP contribution < -0.4 is 15.8 Å². The van der Waals surface area contributed by atoms with E-state index in [1.54, 1.807) is 18.0 Å². The Balaban J connectivity index is 1.53. The summed E-state index contributed by atoms with van der Waals surface area (Å²) in [7, 11) is 1.65. The number of nitrogens with one attached hydrogen (secondary N) is 1. The van der Waals surface area contributed by atoms with E-state index >= 15 is 0 Å². The van der Waals surface area contributed by atoms with Crippen molar-refractivity contribution in [2.45, 2.75) is 31.3 Å². The van der Waals surface area contributed by atoms with Crippen molar-refractivity contribution < 1.29 is 9.47 Å². The maximum absolute atomic E-state index is 5.98. The molecule has 1 saturated carbocycles. The number of hydrogen-bond donors (Lipinski definition) is 2. The maximum atomic E-state index is 5.98. The van der Waals surface area contributed by atoms with Crippen LogP contribution in [0.4, 0.5) is 5.95 Å². The van der Waals surface area contributed by atoms with Crippen LogP contribution in [0.2, 0.25) is 0 Å². The minimum Gasteiger partial charge on any atom is -0.491 e. The van der Waals surface area contributed by atoms with Crippen LogP contribution in [0.5, 0.6) is 5.75 Å². The van der Waals surface area contributed by atoms with Crippen LogP contribution in [0.3, 0.4) is 0 Å². The molecule has 0 spiro atoms. The van der Waals surface area contributed by atoms with Gasteiger partial charge >= 0.3 is 0 Å². The van der Waals surface area contributed by atoms with Gasteiger partial charge in [0.1, 0.15) is 12.4 Å². The lowest BCUT2D eigenvalue weighted by Crippen LogP contribution is -2.21. The van der Waals surface area contributed by atoms with E-state index in [1.165, 1.54) is 0 Å². The van der Waals surface area contributed by atoms with E-state index in [9.17, 15) is 0 Å². The summed E-state index contributed by atoms with van der Waals surface area (Å²) < 4.78 is 12.3. The minimum atomic E-state index is 0.253. The van der Waals surface area contributed by atoms with E-state index in [0.29, 0.717) is 36.4 Å². The molecule has 0 aliphatic heterocycles. The fourth-order valence-corrected chi connectivity index (χ4v) is 3.23. The number of fused-ring (bicyclic) bond motifs is 1. The Hall–Kier alpha value is -2.78. The SMILES string of the molecule is COCCOc1ccc(-n2nnc3cnc(N[C@@H]4CC[C@@H](N)C4)nc32)cc1. The highest BCUT2D eigenvalue weighted by Crippen LogP contribution is 2.22. The van der Waals surface area contributed by atoms with Crippen LogP contribution in [0, 0.1) is 0 Å². The first kappa shape index (κ1) is 17.6. The zero-order valence-corrected chi connectivity index (χ0v) is 15.2. The fraction of sp³-hybridized carbons (Fsp3) is 0.444. The van der Waals surface area contributed by atoms with Gasteiger partial charge in [-0.05, 0) is 43.5 Å². The van der Waals surface area contributed by atoms with Crippen LogP contribution in [-0.2, 0) is 4.74 Å². The number of rotatable bonds is 7. The Kier molecular flexibility index (Phi) is 5.12. The van der Waals surface area contributed by atoms with Gasteiger partial charge in [0.15, 0.2) is 11.2 Å². The quantitative estimate of drug-likeness (QED) is 0.603. The highest BCUT2D eigenvalue weighted by Gasteiger charge is 2.22. The number of ether oxygens (including phenoxy) is 2. The van der Waals surface area contributed by atoms with Crippen molar-refractivity contribution in [1.82, 2.24) is 25.0 Å². The van der Waals surface area contributed by atoms with Crippen molar-refractivity contribution in [2.75, 3.05) is 25.6 Å². The predicted molar refractivity (Wildman–Crippen MR) is 101 cm³/mol. The lowest BCUT2D eigenvalue weighted by atomic mass is 10.2. The number of hydrogen-bond acceptors (Lipinski definition) is 8. The van der Waals surface area contributed by atoms with E-state index < -0.39 is 0 Å².